The fourth-order valence-electron chi connectivity index (χ4n) is 6.22. The van der Waals surface area contributed by atoms with Crippen molar-refractivity contribution >= 4 is 11.7 Å². The number of aliphatic hydroxyl groups excluding tert-OH is 9. The number of amides is 1. The second-order valence-corrected chi connectivity index (χ2v) is 14.0. The average Bonchev–Trinajstić information content (AvgIpc) is 3.23. The maximum absolute atomic E-state index is 12.2. The molecule has 0 bridgehead atoms. The van der Waals surface area contributed by atoms with E-state index < -0.39 is 78.3 Å². The first kappa shape index (κ1) is 42.1. The van der Waals surface area contributed by atoms with Gasteiger partial charge in [0.1, 0.15) is 11.3 Å². The minimum absolute atomic E-state index is 0.0464. The summed E-state index contributed by atoms with van der Waals surface area (Å²) in [4.78, 5) is 25.5. The number of carbonyl (C=O) groups excluding carboxylic acids is 2. The fourth-order valence-corrected chi connectivity index (χ4v) is 6.22. The molecule has 12 heteroatoms. The zero-order valence-corrected chi connectivity index (χ0v) is 28.8. The topological polar surface area (TPSA) is 219 Å². The van der Waals surface area contributed by atoms with Gasteiger partial charge in [-0.15, -0.1) is 0 Å². The summed E-state index contributed by atoms with van der Waals surface area (Å²) in [6, 6.07) is 0. The largest absolute Gasteiger partial charge is 0.507 e. The molecule has 0 aliphatic carbocycles. The molecule has 1 heterocycles. The Hall–Kier alpha value is -1.90. The van der Waals surface area contributed by atoms with Gasteiger partial charge in [-0.05, 0) is 62.9 Å². The highest BCUT2D eigenvalue weighted by Gasteiger charge is 2.37. The van der Waals surface area contributed by atoms with E-state index in [4.69, 9.17) is 0 Å². The highest BCUT2D eigenvalue weighted by atomic mass is 16.3. The first-order valence-corrected chi connectivity index (χ1v) is 16.6. The van der Waals surface area contributed by atoms with Crippen molar-refractivity contribution < 1.29 is 55.5 Å². The van der Waals surface area contributed by atoms with Crippen LogP contribution in [0.4, 0.5) is 0 Å². The molecule has 1 aliphatic rings. The molecular formula is C34H61NO11. The summed E-state index contributed by atoms with van der Waals surface area (Å²) in [6.07, 6.45) is -5.89. The summed E-state index contributed by atoms with van der Waals surface area (Å²) in [7, 11) is 1.49. The van der Waals surface area contributed by atoms with Crippen LogP contribution in [-0.2, 0) is 9.59 Å². The van der Waals surface area contributed by atoms with E-state index >= 15 is 0 Å². The number of rotatable bonds is 20. The van der Waals surface area contributed by atoms with E-state index in [0.717, 1.165) is 0 Å². The molecule has 0 saturated carbocycles. The van der Waals surface area contributed by atoms with Gasteiger partial charge in [0, 0.05) is 24.8 Å². The molecule has 0 aromatic carbocycles. The lowest BCUT2D eigenvalue weighted by molar-refractivity contribution is -0.123. The van der Waals surface area contributed by atoms with Crippen LogP contribution in [0.3, 0.4) is 0 Å². The number of Topliss-reactive ketones (excluding diaryl/α,β-unsaturated/α-hetero) is 1. The number of likely N-dealkylation sites (tertiary alicyclic amines) is 1. The van der Waals surface area contributed by atoms with E-state index in [1.165, 1.54) is 11.9 Å². The average molecular weight is 660 g/mol. The zero-order valence-electron chi connectivity index (χ0n) is 28.8. The second kappa shape index (κ2) is 19.2. The van der Waals surface area contributed by atoms with Crippen LogP contribution in [0.25, 0.3) is 0 Å². The third kappa shape index (κ3) is 12.3. The Kier molecular flexibility index (Phi) is 17.6. The van der Waals surface area contributed by atoms with E-state index in [2.05, 4.69) is 0 Å². The SMILES string of the molecule is CCC(O)CC(O)CC(O)C(C)C(O)C(C)C(O)CC(O)C(C)C(O)C(O)CC(C)CC(C)/C=C(C)/C(O)=C1/C(=O)CN(C)C1=O. The van der Waals surface area contributed by atoms with Crippen molar-refractivity contribution in [3.63, 3.8) is 0 Å². The number of hydrogen-bond acceptors (Lipinski definition) is 11. The Balaban J connectivity index is 2.67. The third-order valence-corrected chi connectivity index (χ3v) is 9.63. The van der Waals surface area contributed by atoms with Crippen LogP contribution in [0.2, 0.25) is 0 Å². The highest BCUT2D eigenvalue weighted by Crippen LogP contribution is 2.29. The van der Waals surface area contributed by atoms with Gasteiger partial charge in [-0.2, -0.15) is 0 Å². The second-order valence-electron chi connectivity index (χ2n) is 14.0. The van der Waals surface area contributed by atoms with Gasteiger partial charge in [0.05, 0.1) is 55.4 Å². The summed E-state index contributed by atoms with van der Waals surface area (Å²) < 4.78 is 0. The minimum Gasteiger partial charge on any atom is -0.507 e. The van der Waals surface area contributed by atoms with E-state index in [1.54, 1.807) is 40.7 Å². The summed E-state index contributed by atoms with van der Waals surface area (Å²) >= 11 is 0. The van der Waals surface area contributed by atoms with Gasteiger partial charge in [0.25, 0.3) is 5.91 Å². The van der Waals surface area contributed by atoms with Crippen molar-refractivity contribution in [2.45, 2.75) is 136 Å². The van der Waals surface area contributed by atoms with E-state index in [1.807, 2.05) is 13.8 Å². The van der Waals surface area contributed by atoms with Crippen molar-refractivity contribution in [1.82, 2.24) is 4.90 Å². The van der Waals surface area contributed by atoms with Crippen LogP contribution in [-0.4, -0.2) is 125 Å². The Labute approximate surface area is 274 Å². The number of carbonyl (C=O) groups is 2. The predicted molar refractivity (Wildman–Crippen MR) is 173 cm³/mol. The van der Waals surface area contributed by atoms with Crippen molar-refractivity contribution in [3.05, 3.63) is 23.0 Å². The summed E-state index contributed by atoms with van der Waals surface area (Å²) in [5, 5.41) is 94.8. The molecule has 13 atom stereocenters. The number of aliphatic hydroxyl groups is 9. The van der Waals surface area contributed by atoms with E-state index in [9.17, 15) is 55.5 Å². The van der Waals surface area contributed by atoms with Crippen molar-refractivity contribution in [1.29, 1.82) is 0 Å². The fraction of sp³-hybridized carbons (Fsp3) is 0.824. The van der Waals surface area contributed by atoms with E-state index in [0.29, 0.717) is 18.4 Å². The molecule has 1 rings (SSSR count). The quantitative estimate of drug-likeness (QED) is 0.0514. The van der Waals surface area contributed by atoms with Gasteiger partial charge in [0.2, 0.25) is 0 Å². The number of ketones is 1. The van der Waals surface area contributed by atoms with Crippen LogP contribution in [0.1, 0.15) is 87.0 Å². The standard InChI is InChI=1S/C34H61NO11/c1-9-23(36)13-24(37)14-25(38)20(5)32(44)21(6)26(39)15-27(40)22(7)33(45)28(41)12-18(3)10-17(2)11-19(4)31(43)30-29(42)16-35(8)34(30)46/h11,17-18,20-28,32-33,36-41,43-45H,9-10,12-16H2,1-8H3/b19-11+,31-30+. The van der Waals surface area contributed by atoms with Gasteiger partial charge in [-0.3, -0.25) is 9.59 Å². The van der Waals surface area contributed by atoms with E-state index in [-0.39, 0.29) is 55.4 Å². The van der Waals surface area contributed by atoms with Crippen molar-refractivity contribution in [2.24, 2.45) is 29.6 Å². The lowest BCUT2D eigenvalue weighted by Crippen LogP contribution is -2.44. The van der Waals surface area contributed by atoms with Crippen molar-refractivity contribution in [2.75, 3.05) is 13.6 Å². The first-order chi connectivity index (χ1) is 21.2. The van der Waals surface area contributed by atoms with Crippen molar-refractivity contribution in [3.8, 4) is 0 Å². The zero-order chi connectivity index (χ0) is 35.6. The molecule has 1 saturated heterocycles. The number of allylic oxidation sites excluding steroid dienone is 2. The van der Waals surface area contributed by atoms with Gasteiger partial charge in [-0.1, -0.05) is 47.6 Å². The number of nitrogens with zero attached hydrogens (tertiary/aromatic N) is 1. The molecule has 0 spiro atoms. The monoisotopic (exact) mass is 659 g/mol. The van der Waals surface area contributed by atoms with Gasteiger partial charge >= 0.3 is 0 Å². The first-order valence-electron chi connectivity index (χ1n) is 16.6. The third-order valence-electron chi connectivity index (χ3n) is 9.63. The van der Waals surface area contributed by atoms with Gasteiger partial charge in [0.15, 0.2) is 5.78 Å². The smallest absolute Gasteiger partial charge is 0.261 e. The van der Waals surface area contributed by atoms with Gasteiger partial charge < -0.3 is 50.9 Å². The van der Waals surface area contributed by atoms with Crippen LogP contribution < -0.4 is 0 Å². The lowest BCUT2D eigenvalue weighted by Gasteiger charge is -2.34. The minimum atomic E-state index is -1.30. The molecular weight excluding hydrogens is 598 g/mol. The summed E-state index contributed by atoms with van der Waals surface area (Å²) in [5.41, 5.74) is 0.179. The molecule has 0 aromatic rings. The lowest BCUT2D eigenvalue weighted by atomic mass is 9.80. The Bertz CT molecular complexity index is 1030. The van der Waals surface area contributed by atoms with Crippen LogP contribution in [0, 0.1) is 29.6 Å². The Morgan fingerprint density at radius 2 is 1.22 bits per heavy atom. The van der Waals surface area contributed by atoms with Gasteiger partial charge in [-0.25, -0.2) is 0 Å². The molecule has 1 amide bonds. The molecule has 9 N–H and O–H groups in total. The Morgan fingerprint density at radius 3 is 1.70 bits per heavy atom. The van der Waals surface area contributed by atoms with Crippen LogP contribution in [0.5, 0.6) is 0 Å². The molecule has 0 aromatic heterocycles. The summed E-state index contributed by atoms with van der Waals surface area (Å²) in [5.74, 6) is -3.75. The maximum Gasteiger partial charge on any atom is 0.261 e. The van der Waals surface area contributed by atoms with Crippen LogP contribution in [0.15, 0.2) is 23.0 Å². The molecule has 46 heavy (non-hydrogen) atoms. The normalized spacial score (nSPS) is 24.3. The molecule has 0 radical (unpaired) electrons. The molecule has 12 nitrogen and oxygen atoms in total. The molecule has 13 unspecified atom stereocenters. The number of likely N-dealkylation sites (N-methyl/N-ethyl adjacent to an activating group) is 1. The molecule has 1 aliphatic heterocycles. The molecule has 268 valence electrons. The highest BCUT2D eigenvalue weighted by molar-refractivity contribution is 6.25. The maximum atomic E-state index is 12.2. The Morgan fingerprint density at radius 1 is 0.717 bits per heavy atom. The summed E-state index contributed by atoms with van der Waals surface area (Å²) in [6.45, 7) is 11.8. The molecule has 1 fully saturated rings. The van der Waals surface area contributed by atoms with Crippen LogP contribution >= 0.6 is 0 Å². The predicted octanol–water partition coefficient (Wildman–Crippen LogP) is 1.21. The number of hydrogen-bond donors (Lipinski definition) is 9.